The van der Waals surface area contributed by atoms with Gasteiger partial charge < -0.3 is 14.4 Å². The number of aliphatic hydroxyl groups excluding tert-OH is 1. The van der Waals surface area contributed by atoms with E-state index in [1.165, 1.54) is 19.1 Å². The Hall–Kier alpha value is -1.44. The van der Waals surface area contributed by atoms with Crippen molar-refractivity contribution in [3.05, 3.63) is 29.8 Å². The SMILES string of the molecule is CCOC(=O)C(C)O.Cc1ccc(S(=O)(=O)[O-])cc1. The summed E-state index contributed by atoms with van der Waals surface area (Å²) in [6.07, 6.45) is -0.991. The van der Waals surface area contributed by atoms with Crippen molar-refractivity contribution in [3.63, 3.8) is 0 Å². The molecule has 0 bridgehead atoms. The molecule has 1 unspecified atom stereocenters. The number of carbonyl (C=O) groups excluding carboxylic acids is 1. The molecule has 0 aliphatic heterocycles. The van der Waals surface area contributed by atoms with Gasteiger partial charge in [0.1, 0.15) is 16.2 Å². The molecule has 0 radical (unpaired) electrons. The minimum atomic E-state index is -4.27. The summed E-state index contributed by atoms with van der Waals surface area (Å²) in [7, 11) is -4.27. The van der Waals surface area contributed by atoms with Crippen molar-refractivity contribution in [2.75, 3.05) is 6.61 Å². The zero-order valence-electron chi connectivity index (χ0n) is 11.0. The van der Waals surface area contributed by atoms with Gasteiger partial charge in [-0.15, -0.1) is 0 Å². The second-order valence-corrected chi connectivity index (χ2v) is 5.07. The highest BCUT2D eigenvalue weighted by atomic mass is 32.2. The zero-order valence-corrected chi connectivity index (χ0v) is 11.8. The lowest BCUT2D eigenvalue weighted by Crippen LogP contribution is -2.18. The summed E-state index contributed by atoms with van der Waals surface area (Å²) >= 11 is 0. The number of hydrogen-bond acceptors (Lipinski definition) is 6. The third-order valence-corrected chi connectivity index (χ3v) is 2.79. The quantitative estimate of drug-likeness (QED) is 0.653. The lowest BCUT2D eigenvalue weighted by Gasteiger charge is -2.05. The van der Waals surface area contributed by atoms with Gasteiger partial charge in [-0.3, -0.25) is 0 Å². The molecule has 0 aromatic heterocycles. The smallest absolute Gasteiger partial charge is 0.334 e. The van der Waals surface area contributed by atoms with Crippen LogP contribution in [-0.4, -0.2) is 36.8 Å². The largest absolute Gasteiger partial charge is 0.744 e. The summed E-state index contributed by atoms with van der Waals surface area (Å²) in [5.74, 6) is -0.562. The Morgan fingerprint density at radius 3 is 2.11 bits per heavy atom. The van der Waals surface area contributed by atoms with E-state index in [1.807, 2.05) is 6.92 Å². The second-order valence-electron chi connectivity index (χ2n) is 3.70. The van der Waals surface area contributed by atoms with Crippen molar-refractivity contribution in [2.24, 2.45) is 0 Å². The van der Waals surface area contributed by atoms with Crippen LogP contribution in [0.25, 0.3) is 0 Å². The standard InChI is InChI=1S/C7H8O3S.C5H10O3/c1-6-2-4-7(5-3-6)11(8,9)10;1-3-8-5(7)4(2)6/h2-5H,1H3,(H,8,9,10);4,6H,3H2,1-2H3/p-1. The summed E-state index contributed by atoms with van der Waals surface area (Å²) < 4.78 is 35.6. The summed E-state index contributed by atoms with van der Waals surface area (Å²) in [5, 5.41) is 8.48. The molecule has 0 aliphatic rings. The molecule has 0 saturated heterocycles. The number of aliphatic hydroxyl groups is 1. The first-order valence-electron chi connectivity index (χ1n) is 5.55. The topological polar surface area (TPSA) is 104 Å². The van der Waals surface area contributed by atoms with Gasteiger partial charge in [0.2, 0.25) is 0 Å². The van der Waals surface area contributed by atoms with Crippen LogP contribution in [0.3, 0.4) is 0 Å². The Morgan fingerprint density at radius 1 is 1.37 bits per heavy atom. The number of aryl methyl sites for hydroxylation is 1. The van der Waals surface area contributed by atoms with Gasteiger partial charge in [-0.25, -0.2) is 13.2 Å². The highest BCUT2D eigenvalue weighted by Crippen LogP contribution is 2.08. The lowest BCUT2D eigenvalue weighted by molar-refractivity contribution is -0.151. The summed E-state index contributed by atoms with van der Waals surface area (Å²) in [6, 6.07) is 5.78. The third kappa shape index (κ3) is 7.55. The molecule has 108 valence electrons. The number of benzene rings is 1. The maximum Gasteiger partial charge on any atom is 0.334 e. The van der Waals surface area contributed by atoms with Gasteiger partial charge in [0.25, 0.3) is 0 Å². The number of rotatable bonds is 3. The molecular weight excluding hydrogens is 272 g/mol. The van der Waals surface area contributed by atoms with E-state index in [0.717, 1.165) is 5.56 Å². The number of carbonyl (C=O) groups is 1. The van der Waals surface area contributed by atoms with Crippen molar-refractivity contribution >= 4 is 16.1 Å². The van der Waals surface area contributed by atoms with Crippen LogP contribution >= 0.6 is 0 Å². The fourth-order valence-electron chi connectivity index (χ4n) is 0.968. The molecule has 1 aromatic rings. The van der Waals surface area contributed by atoms with Crippen LogP contribution in [-0.2, 0) is 19.6 Å². The molecule has 0 amide bonds. The number of ether oxygens (including phenoxy) is 1. The molecule has 7 heteroatoms. The van der Waals surface area contributed by atoms with Crippen LogP contribution in [0.1, 0.15) is 19.4 Å². The summed E-state index contributed by atoms with van der Waals surface area (Å²) in [5.41, 5.74) is 0.928. The molecule has 0 heterocycles. The highest BCUT2D eigenvalue weighted by molar-refractivity contribution is 7.85. The average Bonchev–Trinajstić information content (AvgIpc) is 2.29. The normalized spacial score (nSPS) is 12.1. The van der Waals surface area contributed by atoms with Crippen LogP contribution in [0.5, 0.6) is 0 Å². The molecule has 19 heavy (non-hydrogen) atoms. The summed E-state index contributed by atoms with van der Waals surface area (Å²) in [4.78, 5) is 10.1. The monoisotopic (exact) mass is 289 g/mol. The molecule has 0 spiro atoms. The minimum absolute atomic E-state index is 0.178. The Balaban J connectivity index is 0.000000362. The Kier molecular flexibility index (Phi) is 7.28. The van der Waals surface area contributed by atoms with E-state index in [9.17, 15) is 17.8 Å². The molecule has 0 fully saturated rings. The predicted octanol–water partition coefficient (Wildman–Crippen LogP) is 0.829. The fraction of sp³-hybridized carbons (Fsp3) is 0.417. The summed E-state index contributed by atoms with van der Waals surface area (Å²) in [6.45, 7) is 5.21. The van der Waals surface area contributed by atoms with Crippen molar-refractivity contribution in [1.82, 2.24) is 0 Å². The maximum atomic E-state index is 10.4. The van der Waals surface area contributed by atoms with E-state index in [-0.39, 0.29) is 4.90 Å². The van der Waals surface area contributed by atoms with Gasteiger partial charge in [-0.2, -0.15) is 0 Å². The Morgan fingerprint density at radius 2 is 1.84 bits per heavy atom. The zero-order chi connectivity index (χ0) is 15.1. The van der Waals surface area contributed by atoms with Crippen LogP contribution in [0.15, 0.2) is 29.2 Å². The molecule has 1 N–H and O–H groups in total. The van der Waals surface area contributed by atoms with E-state index in [4.69, 9.17) is 5.11 Å². The number of hydrogen-bond donors (Lipinski definition) is 1. The molecule has 0 aliphatic carbocycles. The van der Waals surface area contributed by atoms with Gasteiger partial charge >= 0.3 is 5.97 Å². The molecule has 1 aromatic carbocycles. The predicted molar refractivity (Wildman–Crippen MR) is 67.5 cm³/mol. The first kappa shape index (κ1) is 17.6. The fourth-order valence-corrected chi connectivity index (χ4v) is 1.44. The van der Waals surface area contributed by atoms with Crippen molar-refractivity contribution in [3.8, 4) is 0 Å². The van der Waals surface area contributed by atoms with E-state index in [0.29, 0.717) is 6.61 Å². The van der Waals surface area contributed by atoms with Crippen molar-refractivity contribution < 1.29 is 27.6 Å². The van der Waals surface area contributed by atoms with Crippen LogP contribution in [0, 0.1) is 6.92 Å². The Bertz CT molecular complexity index is 489. The lowest BCUT2D eigenvalue weighted by atomic mass is 10.2. The van der Waals surface area contributed by atoms with Gasteiger partial charge in [0.05, 0.1) is 11.5 Å². The van der Waals surface area contributed by atoms with E-state index in [1.54, 1.807) is 19.1 Å². The van der Waals surface area contributed by atoms with Crippen molar-refractivity contribution in [1.29, 1.82) is 0 Å². The minimum Gasteiger partial charge on any atom is -0.744 e. The average molecular weight is 289 g/mol. The molecular formula is C12H17O6S-. The number of esters is 1. The second kappa shape index (κ2) is 7.88. The van der Waals surface area contributed by atoms with E-state index in [2.05, 4.69) is 4.74 Å². The van der Waals surface area contributed by atoms with Crippen molar-refractivity contribution in [2.45, 2.75) is 31.8 Å². The van der Waals surface area contributed by atoms with Crippen LogP contribution in [0.4, 0.5) is 0 Å². The maximum absolute atomic E-state index is 10.4. The van der Waals surface area contributed by atoms with Gasteiger partial charge in [0, 0.05) is 0 Å². The Labute approximate surface area is 112 Å². The van der Waals surface area contributed by atoms with E-state index < -0.39 is 22.2 Å². The molecule has 6 nitrogen and oxygen atoms in total. The molecule has 0 saturated carbocycles. The van der Waals surface area contributed by atoms with E-state index >= 15 is 0 Å². The molecule has 1 rings (SSSR count). The van der Waals surface area contributed by atoms with Crippen LogP contribution < -0.4 is 0 Å². The van der Waals surface area contributed by atoms with Gasteiger partial charge in [-0.05, 0) is 32.9 Å². The first-order valence-corrected chi connectivity index (χ1v) is 6.96. The van der Waals surface area contributed by atoms with Gasteiger partial charge in [0.15, 0.2) is 0 Å². The first-order chi connectivity index (χ1) is 8.68. The van der Waals surface area contributed by atoms with Gasteiger partial charge in [-0.1, -0.05) is 17.7 Å². The third-order valence-electron chi connectivity index (χ3n) is 1.94. The highest BCUT2D eigenvalue weighted by Gasteiger charge is 2.07. The molecule has 1 atom stereocenters. The van der Waals surface area contributed by atoms with Crippen LogP contribution in [0.2, 0.25) is 0 Å².